The van der Waals surface area contributed by atoms with Gasteiger partial charge in [0.25, 0.3) is 0 Å². The fraction of sp³-hybridized carbons (Fsp3) is 0.538. The molecule has 3 nitrogen and oxygen atoms in total. The van der Waals surface area contributed by atoms with Gasteiger partial charge >= 0.3 is 0 Å². The van der Waals surface area contributed by atoms with Crippen LogP contribution in [-0.4, -0.2) is 25.9 Å². The van der Waals surface area contributed by atoms with Crippen molar-refractivity contribution in [3.8, 4) is 5.75 Å². The summed E-state index contributed by atoms with van der Waals surface area (Å²) in [4.78, 5) is 0. The molecular formula is C13H19NO2. The standard InChI is InChI=1S/C13H19NO2/c1-2-16-13-5-3-4-11(8-13)9-14-12-6-7-15-10-12/h3-5,8,12,14H,2,6-7,9-10H2,1H3. The lowest BCUT2D eigenvalue weighted by atomic mass is 10.2. The van der Waals surface area contributed by atoms with Gasteiger partial charge in [-0.05, 0) is 31.0 Å². The summed E-state index contributed by atoms with van der Waals surface area (Å²) in [5.41, 5.74) is 1.26. The third-order valence-corrected chi connectivity index (χ3v) is 2.73. The van der Waals surface area contributed by atoms with Crippen molar-refractivity contribution in [2.24, 2.45) is 0 Å². The first-order valence-corrected chi connectivity index (χ1v) is 5.91. The Morgan fingerprint density at radius 3 is 3.19 bits per heavy atom. The number of ether oxygens (including phenoxy) is 2. The Kier molecular flexibility index (Phi) is 4.19. The molecular weight excluding hydrogens is 202 g/mol. The van der Waals surface area contributed by atoms with Gasteiger partial charge in [-0.15, -0.1) is 0 Å². The van der Waals surface area contributed by atoms with Crippen LogP contribution in [0, 0.1) is 0 Å². The smallest absolute Gasteiger partial charge is 0.119 e. The van der Waals surface area contributed by atoms with E-state index in [1.807, 2.05) is 19.1 Å². The van der Waals surface area contributed by atoms with Crippen molar-refractivity contribution in [3.05, 3.63) is 29.8 Å². The highest BCUT2D eigenvalue weighted by Crippen LogP contribution is 2.13. The highest BCUT2D eigenvalue weighted by atomic mass is 16.5. The van der Waals surface area contributed by atoms with Gasteiger partial charge in [0.05, 0.1) is 13.2 Å². The van der Waals surface area contributed by atoms with Crippen LogP contribution in [0.1, 0.15) is 18.9 Å². The monoisotopic (exact) mass is 221 g/mol. The Morgan fingerprint density at radius 2 is 2.44 bits per heavy atom. The molecule has 3 heteroatoms. The van der Waals surface area contributed by atoms with E-state index in [0.29, 0.717) is 12.6 Å². The van der Waals surface area contributed by atoms with Crippen molar-refractivity contribution in [2.45, 2.75) is 25.9 Å². The van der Waals surface area contributed by atoms with E-state index < -0.39 is 0 Å². The van der Waals surface area contributed by atoms with E-state index in [4.69, 9.17) is 9.47 Å². The molecule has 1 unspecified atom stereocenters. The molecule has 0 radical (unpaired) electrons. The number of rotatable bonds is 5. The molecule has 1 aromatic rings. The van der Waals surface area contributed by atoms with Crippen LogP contribution in [0.15, 0.2) is 24.3 Å². The molecule has 1 N–H and O–H groups in total. The lowest BCUT2D eigenvalue weighted by Gasteiger charge is -2.11. The zero-order chi connectivity index (χ0) is 11.2. The minimum Gasteiger partial charge on any atom is -0.494 e. The van der Waals surface area contributed by atoms with Gasteiger partial charge in [-0.1, -0.05) is 12.1 Å². The molecule has 1 heterocycles. The Labute approximate surface area is 96.8 Å². The quantitative estimate of drug-likeness (QED) is 0.824. The van der Waals surface area contributed by atoms with Crippen LogP contribution < -0.4 is 10.1 Å². The molecule has 0 aliphatic carbocycles. The zero-order valence-corrected chi connectivity index (χ0v) is 9.74. The first-order chi connectivity index (χ1) is 7.88. The summed E-state index contributed by atoms with van der Waals surface area (Å²) in [6.45, 7) is 5.32. The first kappa shape index (κ1) is 11.4. The van der Waals surface area contributed by atoms with Gasteiger partial charge in [0.2, 0.25) is 0 Å². The summed E-state index contributed by atoms with van der Waals surface area (Å²) >= 11 is 0. The van der Waals surface area contributed by atoms with E-state index in [0.717, 1.165) is 31.9 Å². The van der Waals surface area contributed by atoms with E-state index in [2.05, 4.69) is 17.4 Å². The third kappa shape index (κ3) is 3.22. The van der Waals surface area contributed by atoms with Gasteiger partial charge in [0, 0.05) is 19.2 Å². The SMILES string of the molecule is CCOc1cccc(CNC2CCOC2)c1. The minimum atomic E-state index is 0.510. The average Bonchev–Trinajstić information content (AvgIpc) is 2.80. The van der Waals surface area contributed by atoms with Crippen LogP contribution in [0.3, 0.4) is 0 Å². The molecule has 2 rings (SSSR count). The van der Waals surface area contributed by atoms with Crippen LogP contribution in [0.4, 0.5) is 0 Å². The predicted octanol–water partition coefficient (Wildman–Crippen LogP) is 1.96. The molecule has 1 saturated heterocycles. The summed E-state index contributed by atoms with van der Waals surface area (Å²) < 4.78 is 10.8. The van der Waals surface area contributed by atoms with Crippen LogP contribution in [-0.2, 0) is 11.3 Å². The van der Waals surface area contributed by atoms with Crippen molar-refractivity contribution >= 4 is 0 Å². The Hall–Kier alpha value is -1.06. The van der Waals surface area contributed by atoms with E-state index in [9.17, 15) is 0 Å². The summed E-state index contributed by atoms with van der Waals surface area (Å²) in [5, 5.41) is 3.49. The lowest BCUT2D eigenvalue weighted by Crippen LogP contribution is -2.28. The van der Waals surface area contributed by atoms with Crippen molar-refractivity contribution < 1.29 is 9.47 Å². The van der Waals surface area contributed by atoms with Crippen molar-refractivity contribution in [2.75, 3.05) is 19.8 Å². The van der Waals surface area contributed by atoms with Gasteiger partial charge in [-0.3, -0.25) is 0 Å². The summed E-state index contributed by atoms with van der Waals surface area (Å²) in [6, 6.07) is 8.74. The van der Waals surface area contributed by atoms with Gasteiger partial charge < -0.3 is 14.8 Å². The molecule has 0 bridgehead atoms. The maximum absolute atomic E-state index is 5.47. The van der Waals surface area contributed by atoms with Crippen LogP contribution in [0.5, 0.6) is 5.75 Å². The molecule has 1 aliphatic rings. The largest absolute Gasteiger partial charge is 0.494 e. The number of nitrogens with one attached hydrogen (secondary N) is 1. The van der Waals surface area contributed by atoms with Crippen LogP contribution in [0.25, 0.3) is 0 Å². The topological polar surface area (TPSA) is 30.5 Å². The maximum Gasteiger partial charge on any atom is 0.119 e. The normalized spacial score (nSPS) is 19.9. The molecule has 1 atom stereocenters. The van der Waals surface area contributed by atoms with Gasteiger partial charge in [-0.25, -0.2) is 0 Å². The molecule has 1 aliphatic heterocycles. The zero-order valence-electron chi connectivity index (χ0n) is 9.74. The molecule has 0 aromatic heterocycles. The fourth-order valence-corrected chi connectivity index (χ4v) is 1.87. The molecule has 1 aromatic carbocycles. The molecule has 88 valence electrons. The Bertz CT molecular complexity index is 321. The van der Waals surface area contributed by atoms with Gasteiger partial charge in [0.15, 0.2) is 0 Å². The second-order valence-electron chi connectivity index (χ2n) is 4.02. The third-order valence-electron chi connectivity index (χ3n) is 2.73. The van der Waals surface area contributed by atoms with Crippen molar-refractivity contribution in [3.63, 3.8) is 0 Å². The highest BCUT2D eigenvalue weighted by Gasteiger charge is 2.14. The molecule has 0 spiro atoms. The lowest BCUT2D eigenvalue weighted by molar-refractivity contribution is 0.190. The van der Waals surface area contributed by atoms with Crippen LogP contribution in [0.2, 0.25) is 0 Å². The summed E-state index contributed by atoms with van der Waals surface area (Å²) in [5.74, 6) is 0.949. The number of hydrogen-bond donors (Lipinski definition) is 1. The first-order valence-electron chi connectivity index (χ1n) is 5.91. The van der Waals surface area contributed by atoms with E-state index in [1.165, 1.54) is 5.56 Å². The second-order valence-corrected chi connectivity index (χ2v) is 4.02. The Balaban J connectivity index is 1.85. The molecule has 0 saturated carbocycles. The molecule has 16 heavy (non-hydrogen) atoms. The Morgan fingerprint density at radius 1 is 1.50 bits per heavy atom. The molecule has 0 amide bonds. The number of benzene rings is 1. The fourth-order valence-electron chi connectivity index (χ4n) is 1.87. The van der Waals surface area contributed by atoms with Crippen molar-refractivity contribution in [1.82, 2.24) is 5.32 Å². The minimum absolute atomic E-state index is 0.510. The second kappa shape index (κ2) is 5.87. The van der Waals surface area contributed by atoms with Gasteiger partial charge in [0.1, 0.15) is 5.75 Å². The number of hydrogen-bond acceptors (Lipinski definition) is 3. The summed E-state index contributed by atoms with van der Waals surface area (Å²) in [6.07, 6.45) is 1.12. The summed E-state index contributed by atoms with van der Waals surface area (Å²) in [7, 11) is 0. The van der Waals surface area contributed by atoms with Crippen LogP contribution >= 0.6 is 0 Å². The van der Waals surface area contributed by atoms with Gasteiger partial charge in [-0.2, -0.15) is 0 Å². The molecule has 1 fully saturated rings. The highest BCUT2D eigenvalue weighted by molar-refractivity contribution is 5.28. The van der Waals surface area contributed by atoms with Crippen molar-refractivity contribution in [1.29, 1.82) is 0 Å². The van der Waals surface area contributed by atoms with E-state index in [1.54, 1.807) is 0 Å². The van der Waals surface area contributed by atoms with E-state index >= 15 is 0 Å². The average molecular weight is 221 g/mol. The van der Waals surface area contributed by atoms with E-state index in [-0.39, 0.29) is 0 Å². The predicted molar refractivity (Wildman–Crippen MR) is 63.7 cm³/mol. The maximum atomic E-state index is 5.47.